The largest absolute Gasteiger partial charge is 0.510 e. The number of benzene rings is 2. The molecule has 0 fully saturated rings. The van der Waals surface area contributed by atoms with Crippen LogP contribution in [0.1, 0.15) is 30.9 Å². The zero-order valence-corrected chi connectivity index (χ0v) is 23.1. The Morgan fingerprint density at radius 1 is 1.17 bits per heavy atom. The highest BCUT2D eigenvalue weighted by Gasteiger charge is 2.47. The summed E-state index contributed by atoms with van der Waals surface area (Å²) in [7, 11) is -4.67. The van der Waals surface area contributed by atoms with Gasteiger partial charge < -0.3 is 19.7 Å². The Hall–Kier alpha value is -1.71. The topological polar surface area (TPSA) is 111 Å². The highest BCUT2D eigenvalue weighted by Crippen LogP contribution is 2.57. The Kier molecular flexibility index (Phi) is 10.2. The first-order valence-corrected chi connectivity index (χ1v) is 14.4. The van der Waals surface area contributed by atoms with E-state index in [1.54, 1.807) is 50.2 Å². The fourth-order valence-electron chi connectivity index (χ4n) is 3.46. The number of hydrogen-bond acceptors (Lipinski definition) is 7. The van der Waals surface area contributed by atoms with Gasteiger partial charge in [-0.1, -0.05) is 34.8 Å². The summed E-state index contributed by atoms with van der Waals surface area (Å²) in [4.78, 5) is 36.5. The van der Waals surface area contributed by atoms with Crippen molar-refractivity contribution in [1.29, 1.82) is 0 Å². The zero-order chi connectivity index (χ0) is 26.5. The van der Waals surface area contributed by atoms with E-state index in [0.29, 0.717) is 31.9 Å². The van der Waals surface area contributed by atoms with Gasteiger partial charge in [-0.2, -0.15) is 0 Å². The van der Waals surface area contributed by atoms with Crippen LogP contribution < -0.4 is 5.32 Å². The molecular formula is C23H23Cl3NO7PS. The van der Waals surface area contributed by atoms with Crippen LogP contribution in [0.15, 0.2) is 47.5 Å². The van der Waals surface area contributed by atoms with Gasteiger partial charge in [0.1, 0.15) is 5.66 Å². The van der Waals surface area contributed by atoms with Gasteiger partial charge in [-0.3, -0.25) is 13.9 Å². The van der Waals surface area contributed by atoms with Crippen LogP contribution >= 0.6 is 54.2 Å². The number of thioether (sulfide) groups is 1. The van der Waals surface area contributed by atoms with Gasteiger partial charge in [0.05, 0.1) is 6.10 Å². The van der Waals surface area contributed by atoms with E-state index in [-0.39, 0.29) is 0 Å². The fourth-order valence-corrected chi connectivity index (χ4v) is 7.06. The molecule has 3 unspecified atom stereocenters. The monoisotopic (exact) mass is 593 g/mol. The third kappa shape index (κ3) is 7.89. The number of hydrogen-bond donors (Lipinski definition) is 2. The standard InChI is InChI=1S/C23H23Cl3NO7PS/c1-13(2)34-23(29)32-12-33-35(30,31)21(19-11-36-20-4-3-15(24)10-18(19)20)22(28)27-6-5-14-7-16(25)9-17(26)8-14/h3-10,13,19,21H,11-12H2,1-2H3,(H,27,28)(H,30,31)/b6-5+. The first-order chi connectivity index (χ1) is 17.0. The highest BCUT2D eigenvalue weighted by molar-refractivity contribution is 7.99. The maximum atomic E-state index is 13.3. The molecule has 1 amide bonds. The van der Waals surface area contributed by atoms with Crippen molar-refractivity contribution >= 4 is 72.3 Å². The van der Waals surface area contributed by atoms with Crippen molar-refractivity contribution in [2.24, 2.45) is 0 Å². The van der Waals surface area contributed by atoms with Crippen LogP contribution in [0.5, 0.6) is 0 Å². The molecule has 3 rings (SSSR count). The number of carbonyl (C=O) groups excluding carboxylic acids is 2. The molecule has 8 nitrogen and oxygen atoms in total. The summed E-state index contributed by atoms with van der Waals surface area (Å²) in [5.74, 6) is -1.13. The van der Waals surface area contributed by atoms with Crippen LogP contribution in [0.3, 0.4) is 0 Å². The predicted molar refractivity (Wildman–Crippen MR) is 141 cm³/mol. The predicted octanol–water partition coefficient (Wildman–Crippen LogP) is 6.71. The molecule has 0 aliphatic carbocycles. The Bertz CT molecular complexity index is 1190. The first kappa shape index (κ1) is 28.9. The minimum absolute atomic E-state index is 0.339. The van der Waals surface area contributed by atoms with Crippen LogP contribution in [0, 0.1) is 0 Å². The zero-order valence-electron chi connectivity index (χ0n) is 19.2. The van der Waals surface area contributed by atoms with Gasteiger partial charge in [-0.15, -0.1) is 11.8 Å². The number of fused-ring (bicyclic) bond motifs is 1. The SMILES string of the molecule is CC(C)OC(=O)OCOP(=O)(O)C(C(=O)N/C=C/c1cc(Cl)cc(Cl)c1)C1CSc2ccc(Cl)cc21. The summed E-state index contributed by atoms with van der Waals surface area (Å²) in [6.45, 7) is 2.36. The minimum Gasteiger partial charge on any atom is -0.432 e. The van der Waals surface area contributed by atoms with E-state index in [0.717, 1.165) is 4.90 Å². The van der Waals surface area contributed by atoms with E-state index in [1.807, 2.05) is 0 Å². The van der Waals surface area contributed by atoms with Gasteiger partial charge in [0.15, 0.2) is 0 Å². The van der Waals surface area contributed by atoms with Crippen molar-refractivity contribution in [1.82, 2.24) is 5.32 Å². The molecule has 0 saturated carbocycles. The molecule has 194 valence electrons. The molecule has 1 aliphatic heterocycles. The number of halogens is 3. The second kappa shape index (κ2) is 12.7. The Morgan fingerprint density at radius 3 is 2.53 bits per heavy atom. The number of amides is 1. The molecular weight excluding hydrogens is 572 g/mol. The molecule has 1 aliphatic rings. The van der Waals surface area contributed by atoms with Crippen molar-refractivity contribution in [3.63, 3.8) is 0 Å². The summed E-state index contributed by atoms with van der Waals surface area (Å²) in [5, 5.41) is 3.77. The highest BCUT2D eigenvalue weighted by atomic mass is 35.5. The maximum absolute atomic E-state index is 13.3. The Labute approximate surface area is 227 Å². The molecule has 36 heavy (non-hydrogen) atoms. The summed E-state index contributed by atoms with van der Waals surface area (Å²) in [6.07, 6.45) is 1.33. The summed E-state index contributed by atoms with van der Waals surface area (Å²) < 4.78 is 27.9. The number of carbonyl (C=O) groups is 2. The molecule has 0 radical (unpaired) electrons. The second-order valence-corrected chi connectivity index (χ2v) is 12.3. The van der Waals surface area contributed by atoms with Crippen molar-refractivity contribution in [3.8, 4) is 0 Å². The molecule has 13 heteroatoms. The van der Waals surface area contributed by atoms with Gasteiger partial charge in [-0.05, 0) is 67.4 Å². The van der Waals surface area contributed by atoms with Gasteiger partial charge in [0.2, 0.25) is 12.7 Å². The fraction of sp³-hybridized carbons (Fsp3) is 0.304. The Morgan fingerprint density at radius 2 is 1.86 bits per heavy atom. The van der Waals surface area contributed by atoms with E-state index >= 15 is 0 Å². The van der Waals surface area contributed by atoms with Crippen molar-refractivity contribution in [2.75, 3.05) is 12.5 Å². The first-order valence-electron chi connectivity index (χ1n) is 10.6. The molecule has 0 spiro atoms. The van der Waals surface area contributed by atoms with E-state index in [4.69, 9.17) is 48.8 Å². The average Bonchev–Trinajstić information content (AvgIpc) is 3.14. The lowest BCUT2D eigenvalue weighted by Crippen LogP contribution is -2.37. The van der Waals surface area contributed by atoms with Crippen LogP contribution in [-0.2, 0) is 23.4 Å². The third-order valence-corrected chi connectivity index (χ3v) is 8.58. The third-order valence-electron chi connectivity index (χ3n) is 4.92. The van der Waals surface area contributed by atoms with Crippen LogP contribution in [-0.4, -0.2) is 41.3 Å². The number of nitrogens with one attached hydrogen (secondary N) is 1. The van der Waals surface area contributed by atoms with Crippen LogP contribution in [0.25, 0.3) is 6.08 Å². The summed E-state index contributed by atoms with van der Waals surface area (Å²) in [5.41, 5.74) is -0.267. The maximum Gasteiger partial charge on any atom is 0.510 e. The molecule has 2 N–H and O–H groups in total. The van der Waals surface area contributed by atoms with Crippen LogP contribution in [0.4, 0.5) is 4.79 Å². The van der Waals surface area contributed by atoms with E-state index in [9.17, 15) is 19.0 Å². The average molecular weight is 595 g/mol. The van der Waals surface area contributed by atoms with E-state index in [2.05, 4.69) is 5.32 Å². The minimum atomic E-state index is -4.67. The number of ether oxygens (including phenoxy) is 2. The molecule has 3 atom stereocenters. The normalized spacial score (nSPS) is 17.5. The van der Waals surface area contributed by atoms with Crippen molar-refractivity contribution in [3.05, 3.63) is 68.8 Å². The lowest BCUT2D eigenvalue weighted by Gasteiger charge is -2.26. The van der Waals surface area contributed by atoms with E-state index < -0.39 is 44.1 Å². The van der Waals surface area contributed by atoms with Crippen LogP contribution in [0.2, 0.25) is 15.1 Å². The Balaban J connectivity index is 1.81. The van der Waals surface area contributed by atoms with Gasteiger partial charge in [0.25, 0.3) is 0 Å². The smallest absolute Gasteiger partial charge is 0.432 e. The summed E-state index contributed by atoms with van der Waals surface area (Å²) >= 11 is 19.6. The molecule has 2 aromatic carbocycles. The van der Waals surface area contributed by atoms with Crippen molar-refractivity contribution < 1.29 is 33.0 Å². The lowest BCUT2D eigenvalue weighted by molar-refractivity contribution is -0.120. The van der Waals surface area contributed by atoms with Gasteiger partial charge >= 0.3 is 13.8 Å². The molecule has 0 saturated heterocycles. The van der Waals surface area contributed by atoms with Crippen molar-refractivity contribution in [2.45, 2.75) is 36.4 Å². The molecule has 0 aromatic heterocycles. The lowest BCUT2D eigenvalue weighted by atomic mass is 9.97. The quantitative estimate of drug-likeness (QED) is 0.187. The number of rotatable bonds is 9. The van der Waals surface area contributed by atoms with Gasteiger partial charge in [-0.25, -0.2) is 4.79 Å². The molecule has 0 bridgehead atoms. The van der Waals surface area contributed by atoms with Gasteiger partial charge in [0, 0.05) is 37.8 Å². The molecule has 1 heterocycles. The molecule has 2 aromatic rings. The summed E-state index contributed by atoms with van der Waals surface area (Å²) in [6, 6.07) is 9.97. The second-order valence-electron chi connectivity index (χ2n) is 7.96. The van der Waals surface area contributed by atoms with E-state index in [1.165, 1.54) is 24.0 Å².